The van der Waals surface area contributed by atoms with Gasteiger partial charge in [-0.05, 0) is 23.6 Å². The van der Waals surface area contributed by atoms with Crippen LogP contribution in [0.25, 0.3) is 0 Å². The minimum absolute atomic E-state index is 0.0407. The number of ether oxygens (including phenoxy) is 1. The Morgan fingerprint density at radius 3 is 2.86 bits per heavy atom. The van der Waals surface area contributed by atoms with E-state index in [4.69, 9.17) is 10.5 Å². The first-order valence-corrected chi connectivity index (χ1v) is 7.89. The number of halogens is 1. The van der Waals surface area contributed by atoms with Gasteiger partial charge in [0.25, 0.3) is 0 Å². The normalized spacial score (nSPS) is 24.7. The quantitative estimate of drug-likeness (QED) is 0.833. The van der Waals surface area contributed by atoms with Crippen LogP contribution in [0, 0.1) is 17.2 Å². The number of nitrogens with two attached hydrogens (primary N) is 1. The van der Waals surface area contributed by atoms with E-state index in [1.54, 1.807) is 0 Å². The summed E-state index contributed by atoms with van der Waals surface area (Å²) < 4.78 is 6.49. The van der Waals surface area contributed by atoms with Crippen LogP contribution in [0.2, 0.25) is 0 Å². The molecule has 1 heterocycles. The van der Waals surface area contributed by atoms with Crippen LogP contribution >= 0.6 is 15.9 Å². The number of nitrogens with zero attached hydrogens (tertiary/aromatic N) is 1. The van der Waals surface area contributed by atoms with E-state index in [0.717, 1.165) is 10.0 Å². The average Bonchev–Trinajstić information content (AvgIpc) is 2.45. The molecule has 1 aromatic carbocycles. The lowest BCUT2D eigenvalue weighted by Gasteiger charge is -2.33. The lowest BCUT2D eigenvalue weighted by atomic mass is 9.75. The number of Topliss-reactive ketones (excluding diaryl/α,β-unsaturated/α-hetero) is 1. The van der Waals surface area contributed by atoms with Crippen LogP contribution in [0.1, 0.15) is 31.2 Å². The number of carbonyl (C=O) groups excluding carboxylic acids is 1. The average molecular weight is 359 g/mol. The molecule has 2 atom stereocenters. The monoisotopic (exact) mass is 358 g/mol. The molecule has 1 aromatic rings. The molecule has 2 aliphatic rings. The van der Waals surface area contributed by atoms with Crippen molar-refractivity contribution in [2.45, 2.75) is 25.7 Å². The van der Waals surface area contributed by atoms with Gasteiger partial charge >= 0.3 is 0 Å². The van der Waals surface area contributed by atoms with Crippen molar-refractivity contribution in [1.29, 1.82) is 5.26 Å². The fraction of sp³-hybridized carbons (Fsp3) is 0.294. The second-order valence-corrected chi connectivity index (χ2v) is 6.67. The smallest absolute Gasteiger partial charge is 0.205 e. The maximum Gasteiger partial charge on any atom is 0.205 e. The second-order valence-electron chi connectivity index (χ2n) is 5.75. The van der Waals surface area contributed by atoms with Crippen LogP contribution in [0.5, 0.6) is 0 Å². The van der Waals surface area contributed by atoms with Crippen molar-refractivity contribution in [2.24, 2.45) is 11.7 Å². The number of hydrogen-bond donors (Lipinski definition) is 1. The number of rotatable bonds is 1. The van der Waals surface area contributed by atoms with E-state index in [-0.39, 0.29) is 17.6 Å². The summed E-state index contributed by atoms with van der Waals surface area (Å²) in [6, 6.07) is 9.72. The van der Waals surface area contributed by atoms with Crippen LogP contribution in [-0.4, -0.2) is 5.78 Å². The number of carbonyl (C=O) groups is 1. The highest BCUT2D eigenvalue weighted by molar-refractivity contribution is 9.10. The third kappa shape index (κ3) is 2.44. The Labute approximate surface area is 137 Å². The Hall–Kier alpha value is -2.06. The van der Waals surface area contributed by atoms with Crippen LogP contribution in [0.3, 0.4) is 0 Å². The van der Waals surface area contributed by atoms with Gasteiger partial charge in [-0.3, -0.25) is 4.79 Å². The molecule has 0 unspecified atom stereocenters. The Kier molecular flexibility index (Phi) is 3.79. The fourth-order valence-corrected chi connectivity index (χ4v) is 3.53. The molecule has 0 radical (unpaired) electrons. The molecule has 0 spiro atoms. The molecule has 0 saturated carbocycles. The number of nitriles is 1. The van der Waals surface area contributed by atoms with E-state index in [0.29, 0.717) is 29.7 Å². The summed E-state index contributed by atoms with van der Waals surface area (Å²) in [7, 11) is 0. The van der Waals surface area contributed by atoms with E-state index in [1.165, 1.54) is 0 Å². The largest absolute Gasteiger partial charge is 0.444 e. The summed E-state index contributed by atoms with van der Waals surface area (Å²) >= 11 is 3.44. The van der Waals surface area contributed by atoms with Gasteiger partial charge in [-0.1, -0.05) is 35.0 Å². The third-order valence-corrected chi connectivity index (χ3v) is 4.54. The first kappa shape index (κ1) is 14.9. The van der Waals surface area contributed by atoms with Gasteiger partial charge in [-0.2, -0.15) is 5.26 Å². The lowest BCUT2D eigenvalue weighted by molar-refractivity contribution is -0.117. The molecule has 0 amide bonds. The van der Waals surface area contributed by atoms with E-state index in [9.17, 15) is 10.1 Å². The predicted molar refractivity (Wildman–Crippen MR) is 85.2 cm³/mol. The Morgan fingerprint density at radius 1 is 1.41 bits per heavy atom. The van der Waals surface area contributed by atoms with Gasteiger partial charge in [0.15, 0.2) is 5.78 Å². The summed E-state index contributed by atoms with van der Waals surface area (Å²) in [6.45, 7) is 2.01. The van der Waals surface area contributed by atoms with Crippen LogP contribution < -0.4 is 5.73 Å². The van der Waals surface area contributed by atoms with Gasteiger partial charge in [0.05, 0.1) is 5.92 Å². The van der Waals surface area contributed by atoms with Gasteiger partial charge < -0.3 is 10.5 Å². The minimum atomic E-state index is -0.439. The molecular formula is C17H15BrN2O2. The highest BCUT2D eigenvalue weighted by Crippen LogP contribution is 2.44. The molecule has 5 heteroatoms. The minimum Gasteiger partial charge on any atom is -0.444 e. The van der Waals surface area contributed by atoms with E-state index >= 15 is 0 Å². The Morgan fingerprint density at radius 2 is 2.18 bits per heavy atom. The standard InChI is InChI=1S/C17H15BrN2O2/c1-9-5-13(21)16-14(6-9)22-17(20)12(8-19)15(16)10-3-2-4-11(18)7-10/h2-4,7,9,15H,5-6,20H2,1H3/t9-,15-/m1/s1. The van der Waals surface area contributed by atoms with E-state index < -0.39 is 5.92 Å². The van der Waals surface area contributed by atoms with Crippen LogP contribution in [0.4, 0.5) is 0 Å². The molecule has 0 aromatic heterocycles. The highest BCUT2D eigenvalue weighted by Gasteiger charge is 2.39. The maximum atomic E-state index is 12.6. The van der Waals surface area contributed by atoms with Gasteiger partial charge in [0, 0.05) is 22.9 Å². The zero-order chi connectivity index (χ0) is 15.9. The van der Waals surface area contributed by atoms with Crippen molar-refractivity contribution < 1.29 is 9.53 Å². The molecule has 3 rings (SSSR count). The molecule has 0 bridgehead atoms. The van der Waals surface area contributed by atoms with Crippen molar-refractivity contribution in [1.82, 2.24) is 0 Å². The molecule has 112 valence electrons. The van der Waals surface area contributed by atoms with Crippen molar-refractivity contribution in [2.75, 3.05) is 0 Å². The van der Waals surface area contributed by atoms with Crippen molar-refractivity contribution in [3.63, 3.8) is 0 Å². The zero-order valence-corrected chi connectivity index (χ0v) is 13.7. The molecule has 0 saturated heterocycles. The summed E-state index contributed by atoms with van der Waals surface area (Å²) in [5.74, 6) is 0.550. The molecule has 22 heavy (non-hydrogen) atoms. The van der Waals surface area contributed by atoms with E-state index in [2.05, 4.69) is 22.0 Å². The number of allylic oxidation sites excluding steroid dienone is 3. The highest BCUT2D eigenvalue weighted by atomic mass is 79.9. The fourth-order valence-electron chi connectivity index (χ4n) is 3.11. The molecule has 2 N–H and O–H groups in total. The van der Waals surface area contributed by atoms with Gasteiger partial charge in [-0.25, -0.2) is 0 Å². The third-order valence-electron chi connectivity index (χ3n) is 4.05. The molecule has 0 fully saturated rings. The number of ketones is 1. The molecule has 1 aliphatic heterocycles. The topological polar surface area (TPSA) is 76.1 Å². The van der Waals surface area contributed by atoms with Gasteiger partial charge in [-0.15, -0.1) is 0 Å². The lowest BCUT2D eigenvalue weighted by Crippen LogP contribution is -2.29. The molecular weight excluding hydrogens is 344 g/mol. The second kappa shape index (κ2) is 5.62. The Balaban J connectivity index is 2.19. The summed E-state index contributed by atoms with van der Waals surface area (Å²) in [5.41, 5.74) is 7.69. The first-order valence-electron chi connectivity index (χ1n) is 7.10. The first-order chi connectivity index (χ1) is 10.5. The zero-order valence-electron chi connectivity index (χ0n) is 12.1. The number of benzene rings is 1. The molecule has 1 aliphatic carbocycles. The SMILES string of the molecule is C[C@@H]1CC(=O)C2=C(C1)OC(N)=C(C#N)[C@H]2c1cccc(Br)c1. The van der Waals surface area contributed by atoms with Crippen LogP contribution in [-0.2, 0) is 9.53 Å². The predicted octanol–water partition coefficient (Wildman–Crippen LogP) is 3.51. The van der Waals surface area contributed by atoms with E-state index in [1.807, 2.05) is 31.2 Å². The maximum absolute atomic E-state index is 12.6. The number of hydrogen-bond acceptors (Lipinski definition) is 4. The summed E-state index contributed by atoms with van der Waals surface area (Å²) in [5, 5.41) is 9.48. The summed E-state index contributed by atoms with van der Waals surface area (Å²) in [6.07, 6.45) is 1.15. The van der Waals surface area contributed by atoms with Crippen molar-refractivity contribution in [3.8, 4) is 6.07 Å². The van der Waals surface area contributed by atoms with Crippen LogP contribution in [0.15, 0.2) is 51.5 Å². The Bertz CT molecular complexity index is 758. The molecule has 4 nitrogen and oxygen atoms in total. The van der Waals surface area contributed by atoms with Crippen molar-refractivity contribution >= 4 is 21.7 Å². The summed E-state index contributed by atoms with van der Waals surface area (Å²) in [4.78, 5) is 12.6. The van der Waals surface area contributed by atoms with Crippen molar-refractivity contribution in [3.05, 3.63) is 57.1 Å². The van der Waals surface area contributed by atoms with Gasteiger partial charge in [0.1, 0.15) is 17.4 Å². The van der Waals surface area contributed by atoms with Gasteiger partial charge in [0.2, 0.25) is 5.88 Å².